The molecule has 118 valence electrons. The van der Waals surface area contributed by atoms with Crippen LogP contribution in [0.3, 0.4) is 0 Å². The van der Waals surface area contributed by atoms with E-state index >= 15 is 0 Å². The lowest BCUT2D eigenvalue weighted by Gasteiger charge is -2.26. The molecule has 21 heavy (non-hydrogen) atoms. The minimum atomic E-state index is -3.64. The van der Waals surface area contributed by atoms with Crippen LogP contribution in [-0.4, -0.2) is 43.4 Å². The summed E-state index contributed by atoms with van der Waals surface area (Å²) in [5.74, 6) is -0.535. The third-order valence-electron chi connectivity index (χ3n) is 3.45. The van der Waals surface area contributed by atoms with E-state index in [1.165, 1.54) is 10.5 Å². The second-order valence-corrected chi connectivity index (χ2v) is 6.66. The number of nitrogens with zero attached hydrogens (tertiary/aromatic N) is 1. The Morgan fingerprint density at radius 2 is 2.05 bits per heavy atom. The van der Waals surface area contributed by atoms with Crippen LogP contribution in [0.25, 0.3) is 0 Å². The maximum absolute atomic E-state index is 12.3. The molecule has 0 atom stereocenters. The van der Waals surface area contributed by atoms with Gasteiger partial charge in [-0.1, -0.05) is 6.42 Å². The second-order valence-electron chi connectivity index (χ2n) is 4.99. The zero-order valence-corrected chi connectivity index (χ0v) is 13.1. The highest BCUT2D eigenvalue weighted by molar-refractivity contribution is 7.90. The monoisotopic (exact) mass is 315 g/mol. The van der Waals surface area contributed by atoms with Gasteiger partial charge in [0, 0.05) is 25.0 Å². The predicted octanol–water partition coefficient (Wildman–Crippen LogP) is 1.64. The first-order chi connectivity index (χ1) is 9.95. The Morgan fingerprint density at radius 3 is 2.67 bits per heavy atom. The van der Waals surface area contributed by atoms with E-state index in [1.54, 1.807) is 13.8 Å². The largest absolute Gasteiger partial charge is 0.462 e. The van der Waals surface area contributed by atoms with Crippen molar-refractivity contribution in [3.63, 3.8) is 0 Å². The standard InChI is InChI=1S/C13H21N3O4S/c1-3-20-13(17)12-10(2)14-9-11(12)15-21(18,19)16-7-5-4-6-8-16/h9,14-15H,3-8H2,1-2H3. The van der Waals surface area contributed by atoms with Crippen LogP contribution in [0.15, 0.2) is 6.20 Å². The molecule has 0 aliphatic carbocycles. The van der Waals surface area contributed by atoms with E-state index in [2.05, 4.69) is 9.71 Å². The first-order valence-electron chi connectivity index (χ1n) is 7.08. The quantitative estimate of drug-likeness (QED) is 0.808. The van der Waals surface area contributed by atoms with Crippen LogP contribution in [0.1, 0.15) is 42.2 Å². The predicted molar refractivity (Wildman–Crippen MR) is 79.5 cm³/mol. The summed E-state index contributed by atoms with van der Waals surface area (Å²) in [5, 5.41) is 0. The lowest BCUT2D eigenvalue weighted by molar-refractivity contribution is 0.0527. The Hall–Kier alpha value is -1.54. The summed E-state index contributed by atoms with van der Waals surface area (Å²) in [6.45, 7) is 4.66. The molecule has 1 aromatic rings. The zero-order chi connectivity index (χ0) is 15.5. The molecule has 0 saturated carbocycles. The first kappa shape index (κ1) is 15.8. The SMILES string of the molecule is CCOC(=O)c1c(NS(=O)(=O)N2CCCCC2)c[nH]c1C. The van der Waals surface area contributed by atoms with Crippen molar-refractivity contribution >= 4 is 21.9 Å². The third-order valence-corrected chi connectivity index (χ3v) is 4.97. The number of ether oxygens (including phenoxy) is 1. The van der Waals surface area contributed by atoms with Gasteiger partial charge in [-0.3, -0.25) is 4.72 Å². The van der Waals surface area contributed by atoms with Crippen molar-refractivity contribution in [2.75, 3.05) is 24.4 Å². The summed E-state index contributed by atoms with van der Waals surface area (Å²) in [6.07, 6.45) is 4.24. The molecule has 7 nitrogen and oxygen atoms in total. The molecule has 0 spiro atoms. The van der Waals surface area contributed by atoms with Crippen LogP contribution in [0.5, 0.6) is 0 Å². The molecule has 1 aliphatic rings. The molecule has 0 radical (unpaired) electrons. The van der Waals surface area contributed by atoms with E-state index in [0.717, 1.165) is 19.3 Å². The van der Waals surface area contributed by atoms with Gasteiger partial charge >= 0.3 is 16.2 Å². The summed E-state index contributed by atoms with van der Waals surface area (Å²) in [4.78, 5) is 14.8. The number of nitrogens with one attached hydrogen (secondary N) is 2. The van der Waals surface area contributed by atoms with Crippen molar-refractivity contribution in [3.8, 4) is 0 Å². The highest BCUT2D eigenvalue weighted by Gasteiger charge is 2.27. The number of aromatic amines is 1. The Kier molecular flexibility index (Phi) is 4.89. The number of rotatable bonds is 5. The molecule has 8 heteroatoms. The maximum atomic E-state index is 12.3. The highest BCUT2D eigenvalue weighted by Crippen LogP contribution is 2.23. The van der Waals surface area contributed by atoms with E-state index in [1.807, 2.05) is 0 Å². The number of piperidine rings is 1. The average molecular weight is 315 g/mol. The molecular weight excluding hydrogens is 294 g/mol. The number of carbonyl (C=O) groups excluding carboxylic acids is 1. The van der Waals surface area contributed by atoms with Crippen LogP contribution in [-0.2, 0) is 14.9 Å². The van der Waals surface area contributed by atoms with E-state index in [9.17, 15) is 13.2 Å². The Balaban J connectivity index is 2.21. The second kappa shape index (κ2) is 6.48. The topological polar surface area (TPSA) is 91.5 Å². The van der Waals surface area contributed by atoms with Gasteiger partial charge in [0.1, 0.15) is 5.56 Å². The van der Waals surface area contributed by atoms with Crippen molar-refractivity contribution in [2.45, 2.75) is 33.1 Å². The van der Waals surface area contributed by atoms with Gasteiger partial charge in [0.15, 0.2) is 0 Å². The van der Waals surface area contributed by atoms with E-state index in [0.29, 0.717) is 18.8 Å². The fourth-order valence-electron chi connectivity index (χ4n) is 2.38. The Morgan fingerprint density at radius 1 is 1.38 bits per heavy atom. The van der Waals surface area contributed by atoms with Gasteiger partial charge in [-0.05, 0) is 26.7 Å². The van der Waals surface area contributed by atoms with Crippen molar-refractivity contribution in [3.05, 3.63) is 17.5 Å². The molecule has 1 fully saturated rings. The molecule has 0 bridgehead atoms. The first-order valence-corrected chi connectivity index (χ1v) is 8.52. The van der Waals surface area contributed by atoms with Crippen LogP contribution in [0.4, 0.5) is 5.69 Å². The fourth-order valence-corrected chi connectivity index (χ4v) is 3.69. The minimum absolute atomic E-state index is 0.233. The fraction of sp³-hybridized carbons (Fsp3) is 0.615. The van der Waals surface area contributed by atoms with Crippen LogP contribution < -0.4 is 4.72 Å². The van der Waals surface area contributed by atoms with E-state index in [-0.39, 0.29) is 17.9 Å². The lowest BCUT2D eigenvalue weighted by atomic mass is 10.2. The maximum Gasteiger partial charge on any atom is 0.342 e. The summed E-state index contributed by atoms with van der Waals surface area (Å²) in [7, 11) is -3.64. The smallest absolute Gasteiger partial charge is 0.342 e. The number of hydrogen-bond acceptors (Lipinski definition) is 4. The summed E-state index contributed by atoms with van der Waals surface area (Å²) < 4.78 is 33.5. The molecule has 0 aromatic carbocycles. The summed E-state index contributed by atoms with van der Waals surface area (Å²) in [5.41, 5.74) is 1.04. The molecule has 1 aromatic heterocycles. The van der Waals surface area contributed by atoms with Gasteiger partial charge in [0.25, 0.3) is 0 Å². The molecule has 0 unspecified atom stereocenters. The average Bonchev–Trinajstić information content (AvgIpc) is 2.80. The Labute approximate surface area is 124 Å². The van der Waals surface area contributed by atoms with Crippen LogP contribution >= 0.6 is 0 Å². The van der Waals surface area contributed by atoms with Gasteiger partial charge in [-0.2, -0.15) is 12.7 Å². The highest BCUT2D eigenvalue weighted by atomic mass is 32.2. The van der Waals surface area contributed by atoms with Gasteiger partial charge in [0.2, 0.25) is 0 Å². The van der Waals surface area contributed by atoms with Gasteiger partial charge in [-0.25, -0.2) is 4.79 Å². The number of H-pyrrole nitrogens is 1. The van der Waals surface area contributed by atoms with E-state index < -0.39 is 16.2 Å². The van der Waals surface area contributed by atoms with Gasteiger partial charge in [0.05, 0.1) is 12.3 Å². The van der Waals surface area contributed by atoms with Crippen molar-refractivity contribution < 1.29 is 17.9 Å². The van der Waals surface area contributed by atoms with Crippen molar-refractivity contribution in [2.24, 2.45) is 0 Å². The Bertz CT molecular complexity index is 603. The van der Waals surface area contributed by atoms with Crippen LogP contribution in [0.2, 0.25) is 0 Å². The van der Waals surface area contributed by atoms with Crippen LogP contribution in [0, 0.1) is 6.92 Å². The zero-order valence-electron chi connectivity index (χ0n) is 12.3. The molecule has 1 saturated heterocycles. The summed E-state index contributed by atoms with van der Waals surface area (Å²) >= 11 is 0. The molecule has 2 rings (SSSR count). The summed E-state index contributed by atoms with van der Waals surface area (Å²) in [6, 6.07) is 0. The molecule has 2 N–H and O–H groups in total. The number of hydrogen-bond donors (Lipinski definition) is 2. The third kappa shape index (κ3) is 3.56. The van der Waals surface area contributed by atoms with E-state index in [4.69, 9.17) is 4.74 Å². The molecule has 0 amide bonds. The molecule has 2 heterocycles. The number of carbonyl (C=O) groups is 1. The number of aryl methyl sites for hydroxylation is 1. The number of anilines is 1. The van der Waals surface area contributed by atoms with Gasteiger partial charge < -0.3 is 9.72 Å². The normalized spacial score (nSPS) is 16.7. The minimum Gasteiger partial charge on any atom is -0.462 e. The number of esters is 1. The van der Waals surface area contributed by atoms with Gasteiger partial charge in [-0.15, -0.1) is 0 Å². The number of aromatic nitrogens is 1. The molecular formula is C13H21N3O4S. The lowest BCUT2D eigenvalue weighted by Crippen LogP contribution is -2.39. The van der Waals surface area contributed by atoms with Crippen molar-refractivity contribution in [1.82, 2.24) is 9.29 Å². The van der Waals surface area contributed by atoms with Crippen molar-refractivity contribution in [1.29, 1.82) is 0 Å². The molecule has 1 aliphatic heterocycles.